The molecule has 0 unspecified atom stereocenters. The summed E-state index contributed by atoms with van der Waals surface area (Å²) in [6.45, 7) is 6.63. The Hall–Kier alpha value is -4.51. The molecule has 0 saturated heterocycles. The van der Waals surface area contributed by atoms with Gasteiger partial charge in [0.05, 0.1) is 91.6 Å². The van der Waals surface area contributed by atoms with Crippen molar-refractivity contribution in [3.8, 4) is 11.8 Å². The Labute approximate surface area is 281 Å². The number of nitrogens with two attached hydrogens (primary N) is 2. The molecule has 15 nitrogen and oxygen atoms in total. The lowest BCUT2D eigenvalue weighted by Crippen LogP contribution is -2.14. The van der Waals surface area contributed by atoms with Crippen LogP contribution in [0.15, 0.2) is 64.6 Å². The number of hydrogen-bond donors (Lipinski definition) is 2. The van der Waals surface area contributed by atoms with Gasteiger partial charge in [0, 0.05) is 37.7 Å². The van der Waals surface area contributed by atoms with Crippen LogP contribution >= 0.6 is 0 Å². The molecule has 0 aromatic carbocycles. The summed E-state index contributed by atoms with van der Waals surface area (Å²) in [4.78, 5) is 41.4. The smallest absolute Gasteiger partial charge is 0.213 e. The van der Waals surface area contributed by atoms with Gasteiger partial charge in [0.25, 0.3) is 0 Å². The molecule has 0 spiro atoms. The Morgan fingerprint density at radius 3 is 1.35 bits per heavy atom. The summed E-state index contributed by atoms with van der Waals surface area (Å²) in [5.74, 6) is 1.03. The number of methoxy groups -OCH3 is 2. The van der Waals surface area contributed by atoms with Crippen LogP contribution in [0.2, 0.25) is 0 Å². The van der Waals surface area contributed by atoms with Crippen molar-refractivity contribution < 1.29 is 38.0 Å². The highest BCUT2D eigenvalue weighted by molar-refractivity contribution is 5.79. The minimum absolute atomic E-state index is 0.388. The van der Waals surface area contributed by atoms with Crippen LogP contribution in [0.4, 0.5) is 0 Å². The maximum atomic E-state index is 10.7. The number of aliphatic imine (C=N–C) groups is 2. The van der Waals surface area contributed by atoms with Gasteiger partial charge in [0.15, 0.2) is 12.6 Å². The van der Waals surface area contributed by atoms with E-state index in [2.05, 4.69) is 24.9 Å². The van der Waals surface area contributed by atoms with Crippen molar-refractivity contribution in [1.29, 1.82) is 0 Å². The van der Waals surface area contributed by atoms with Crippen molar-refractivity contribution in [3.63, 3.8) is 0 Å². The van der Waals surface area contributed by atoms with Gasteiger partial charge in [-0.25, -0.2) is 15.0 Å². The van der Waals surface area contributed by atoms with Crippen LogP contribution in [0.3, 0.4) is 0 Å². The Bertz CT molecular complexity index is 1310. The van der Waals surface area contributed by atoms with Gasteiger partial charge in [0.1, 0.15) is 11.4 Å². The maximum absolute atomic E-state index is 10.7. The molecular formula is C33H47N7O8. The first-order valence-electron chi connectivity index (χ1n) is 15.2. The van der Waals surface area contributed by atoms with Gasteiger partial charge in [-0.2, -0.15) is 0 Å². The predicted octanol–water partition coefficient (Wildman–Crippen LogP) is 1.71. The monoisotopic (exact) mass is 669 g/mol. The number of carbonyl (C=O) groups excluding carboxylic acids is 2. The molecule has 0 fully saturated rings. The third-order valence-corrected chi connectivity index (χ3v) is 5.39. The van der Waals surface area contributed by atoms with Gasteiger partial charge in [-0.1, -0.05) is 18.2 Å². The molecule has 48 heavy (non-hydrogen) atoms. The fourth-order valence-electron chi connectivity index (χ4n) is 3.19. The highest BCUT2D eigenvalue weighted by Crippen LogP contribution is 2.05. The molecule has 0 atom stereocenters. The van der Waals surface area contributed by atoms with Gasteiger partial charge in [-0.3, -0.25) is 19.6 Å². The fraction of sp³-hybridized carbons (Fsp3) is 0.424. The number of aromatic nitrogens is 3. The number of aldehydes is 2. The van der Waals surface area contributed by atoms with E-state index < -0.39 is 0 Å². The van der Waals surface area contributed by atoms with E-state index in [1.807, 2.05) is 12.1 Å². The van der Waals surface area contributed by atoms with E-state index in [1.54, 1.807) is 62.0 Å². The van der Waals surface area contributed by atoms with E-state index in [0.717, 1.165) is 5.69 Å². The molecular weight excluding hydrogens is 622 g/mol. The zero-order valence-corrected chi connectivity index (χ0v) is 27.6. The molecule has 0 amide bonds. The van der Waals surface area contributed by atoms with Crippen LogP contribution in [-0.2, 0) is 18.9 Å². The zero-order valence-electron chi connectivity index (χ0n) is 27.6. The summed E-state index contributed by atoms with van der Waals surface area (Å²) in [5, 5.41) is 0. The van der Waals surface area contributed by atoms with Crippen molar-refractivity contribution >= 4 is 25.0 Å². The normalized spacial score (nSPS) is 10.6. The minimum atomic E-state index is 0.388. The largest absolute Gasteiger partial charge is 0.481 e. The Morgan fingerprint density at radius 1 is 0.542 bits per heavy atom. The Balaban J connectivity index is 0.000000468. The van der Waals surface area contributed by atoms with Crippen molar-refractivity contribution in [2.24, 2.45) is 21.5 Å². The van der Waals surface area contributed by atoms with Crippen LogP contribution in [0.5, 0.6) is 11.8 Å². The summed E-state index contributed by atoms with van der Waals surface area (Å²) < 4.78 is 30.8. The molecule has 262 valence electrons. The molecule has 3 rings (SSSR count). The number of pyridine rings is 3. The molecule has 4 N–H and O–H groups in total. The second-order valence-electron chi connectivity index (χ2n) is 9.03. The highest BCUT2D eigenvalue weighted by atomic mass is 16.5. The second-order valence-corrected chi connectivity index (χ2v) is 9.03. The molecule has 0 aliphatic heterocycles. The molecule has 3 heterocycles. The van der Waals surface area contributed by atoms with Gasteiger partial charge in [0.2, 0.25) is 11.8 Å². The van der Waals surface area contributed by atoms with E-state index in [-0.39, 0.29) is 0 Å². The van der Waals surface area contributed by atoms with Crippen molar-refractivity contribution in [3.05, 3.63) is 77.4 Å². The van der Waals surface area contributed by atoms with Crippen LogP contribution in [0.25, 0.3) is 0 Å². The third kappa shape index (κ3) is 22.1. The first-order chi connectivity index (χ1) is 23.6. The molecule has 0 saturated carbocycles. The predicted molar refractivity (Wildman–Crippen MR) is 183 cm³/mol. The summed E-state index contributed by atoms with van der Waals surface area (Å²) in [6.07, 6.45) is 4.71. The van der Waals surface area contributed by atoms with E-state index in [9.17, 15) is 9.59 Å². The van der Waals surface area contributed by atoms with Crippen LogP contribution in [0, 0.1) is 0 Å². The van der Waals surface area contributed by atoms with E-state index in [0.29, 0.717) is 120 Å². The lowest BCUT2D eigenvalue weighted by Gasteiger charge is -2.03. The Morgan fingerprint density at radius 2 is 0.917 bits per heavy atom. The molecule has 0 aliphatic carbocycles. The van der Waals surface area contributed by atoms with Gasteiger partial charge >= 0.3 is 0 Å². The average molecular weight is 670 g/mol. The standard InChI is InChI=1S/C20H24N4O4.C7H7NO2.C6H16N2O2/c1-26-20-7-3-5-18(24-20)15-22-9-11-28-13-12-27-10-8-21-14-17-4-2-6-19(16-25)23-17;1-10-7-4-2-3-6(5-9)8-7;7-1-3-9-5-6-10-4-2-8/h2-7,14-16H,8-13H2,1H3;2-5H,1H3;1-8H2. The molecule has 15 heteroatoms. The van der Waals surface area contributed by atoms with E-state index in [4.69, 9.17) is 39.9 Å². The van der Waals surface area contributed by atoms with Crippen LogP contribution in [0.1, 0.15) is 32.4 Å². The van der Waals surface area contributed by atoms with Crippen LogP contribution < -0.4 is 20.9 Å². The highest BCUT2D eigenvalue weighted by Gasteiger charge is 1.96. The van der Waals surface area contributed by atoms with Gasteiger partial charge in [-0.15, -0.1) is 0 Å². The maximum Gasteiger partial charge on any atom is 0.213 e. The quantitative estimate of drug-likeness (QED) is 0.0889. The topological polar surface area (TPSA) is 205 Å². The van der Waals surface area contributed by atoms with Gasteiger partial charge < -0.3 is 39.9 Å². The van der Waals surface area contributed by atoms with Gasteiger partial charge in [-0.05, 0) is 24.3 Å². The number of carbonyl (C=O) groups is 2. The zero-order chi connectivity index (χ0) is 34.9. The molecule has 3 aromatic heterocycles. The summed E-state index contributed by atoms with van der Waals surface area (Å²) in [6, 6.07) is 15.7. The lowest BCUT2D eigenvalue weighted by molar-refractivity contribution is 0.0538. The van der Waals surface area contributed by atoms with Crippen molar-refractivity contribution in [1.82, 2.24) is 15.0 Å². The molecule has 0 radical (unpaired) electrons. The summed E-state index contributed by atoms with van der Waals surface area (Å²) in [7, 11) is 3.09. The summed E-state index contributed by atoms with van der Waals surface area (Å²) >= 11 is 0. The molecule has 0 bridgehead atoms. The van der Waals surface area contributed by atoms with Crippen molar-refractivity contribution in [2.45, 2.75) is 0 Å². The molecule has 0 aliphatic rings. The Kier molecular flexibility index (Phi) is 25.8. The van der Waals surface area contributed by atoms with Crippen LogP contribution in [-0.4, -0.2) is 133 Å². The van der Waals surface area contributed by atoms with E-state index >= 15 is 0 Å². The molecule has 3 aromatic rings. The SMILES string of the molecule is COc1cccc(C=NCCOCCOCCN=Cc2cccc(C=O)n2)n1.COc1cccc(C=O)n1.NCCOCCOCCN. The number of rotatable bonds is 22. The summed E-state index contributed by atoms with van der Waals surface area (Å²) in [5.41, 5.74) is 12.5. The lowest BCUT2D eigenvalue weighted by atomic mass is 10.3. The van der Waals surface area contributed by atoms with E-state index in [1.165, 1.54) is 7.11 Å². The average Bonchev–Trinajstić information content (AvgIpc) is 3.14. The fourth-order valence-corrected chi connectivity index (χ4v) is 3.19. The number of ether oxygens (including phenoxy) is 6. The number of nitrogens with zero attached hydrogens (tertiary/aromatic N) is 5. The number of hydrogen-bond acceptors (Lipinski definition) is 15. The minimum Gasteiger partial charge on any atom is -0.481 e. The van der Waals surface area contributed by atoms with Crippen molar-refractivity contribution in [2.75, 3.05) is 93.3 Å². The first-order valence-corrected chi connectivity index (χ1v) is 15.2. The second kappa shape index (κ2) is 29.9. The third-order valence-electron chi connectivity index (χ3n) is 5.39. The first kappa shape index (κ1) is 41.5.